The van der Waals surface area contributed by atoms with Crippen molar-refractivity contribution in [2.24, 2.45) is 18.0 Å². The SMILES string of the molecule is CN=C(NCc1ccccc1OCCC(C)C)NCc1ccnn1C.I. The summed E-state index contributed by atoms with van der Waals surface area (Å²) >= 11 is 0. The summed E-state index contributed by atoms with van der Waals surface area (Å²) in [6, 6.07) is 10.1. The number of aliphatic imine (C=N–C) groups is 1. The summed E-state index contributed by atoms with van der Waals surface area (Å²) < 4.78 is 7.78. The fraction of sp³-hybridized carbons (Fsp3) is 0.474. The largest absolute Gasteiger partial charge is 0.493 e. The summed E-state index contributed by atoms with van der Waals surface area (Å²) in [6.07, 6.45) is 2.84. The summed E-state index contributed by atoms with van der Waals surface area (Å²) in [7, 11) is 3.70. The van der Waals surface area contributed by atoms with Gasteiger partial charge in [-0.05, 0) is 24.5 Å². The van der Waals surface area contributed by atoms with E-state index in [0.29, 0.717) is 19.0 Å². The zero-order chi connectivity index (χ0) is 18.1. The maximum Gasteiger partial charge on any atom is 0.191 e. The molecule has 1 aromatic heterocycles. The zero-order valence-electron chi connectivity index (χ0n) is 16.0. The molecule has 0 bridgehead atoms. The number of ether oxygens (including phenoxy) is 1. The third-order valence-corrected chi connectivity index (χ3v) is 3.95. The van der Waals surface area contributed by atoms with E-state index in [9.17, 15) is 0 Å². The molecule has 0 radical (unpaired) electrons. The maximum absolute atomic E-state index is 5.94. The molecule has 0 fully saturated rings. The number of para-hydroxylation sites is 1. The lowest BCUT2D eigenvalue weighted by Crippen LogP contribution is -2.36. The molecular weight excluding hydrogens is 441 g/mol. The van der Waals surface area contributed by atoms with Crippen molar-refractivity contribution < 1.29 is 4.74 Å². The van der Waals surface area contributed by atoms with Gasteiger partial charge in [-0.3, -0.25) is 9.67 Å². The molecule has 2 rings (SSSR count). The van der Waals surface area contributed by atoms with E-state index in [4.69, 9.17) is 4.74 Å². The van der Waals surface area contributed by atoms with Crippen molar-refractivity contribution in [1.29, 1.82) is 0 Å². The molecule has 2 aromatic rings. The second-order valence-electron chi connectivity index (χ2n) is 6.36. The molecule has 0 unspecified atom stereocenters. The summed E-state index contributed by atoms with van der Waals surface area (Å²) in [4.78, 5) is 4.27. The van der Waals surface area contributed by atoms with Crippen molar-refractivity contribution in [3.05, 3.63) is 47.8 Å². The van der Waals surface area contributed by atoms with Crippen molar-refractivity contribution in [3.63, 3.8) is 0 Å². The Kier molecular flexibility index (Phi) is 10.1. The Morgan fingerprint density at radius 3 is 2.58 bits per heavy atom. The summed E-state index contributed by atoms with van der Waals surface area (Å²) in [6.45, 7) is 6.47. The van der Waals surface area contributed by atoms with E-state index in [1.54, 1.807) is 13.2 Å². The molecule has 0 saturated heterocycles. The molecule has 0 aliphatic heterocycles. The number of hydrogen-bond donors (Lipinski definition) is 2. The second-order valence-corrected chi connectivity index (χ2v) is 6.36. The first kappa shape index (κ1) is 22.3. The topological polar surface area (TPSA) is 63.5 Å². The van der Waals surface area contributed by atoms with Gasteiger partial charge in [0.25, 0.3) is 0 Å². The molecule has 0 amide bonds. The van der Waals surface area contributed by atoms with Crippen molar-refractivity contribution in [2.75, 3.05) is 13.7 Å². The molecule has 0 atom stereocenters. The average molecular weight is 471 g/mol. The number of benzene rings is 1. The quantitative estimate of drug-likeness (QED) is 0.352. The molecule has 0 aliphatic rings. The number of nitrogens with one attached hydrogen (secondary N) is 2. The lowest BCUT2D eigenvalue weighted by atomic mass is 10.1. The fourth-order valence-corrected chi connectivity index (χ4v) is 2.34. The van der Waals surface area contributed by atoms with Gasteiger partial charge >= 0.3 is 0 Å². The minimum Gasteiger partial charge on any atom is -0.493 e. The van der Waals surface area contributed by atoms with Gasteiger partial charge in [-0.15, -0.1) is 24.0 Å². The molecule has 7 heteroatoms. The molecule has 2 N–H and O–H groups in total. The Morgan fingerprint density at radius 1 is 1.19 bits per heavy atom. The number of halogens is 1. The second kappa shape index (κ2) is 11.8. The van der Waals surface area contributed by atoms with Crippen LogP contribution in [0, 0.1) is 5.92 Å². The number of nitrogens with zero attached hydrogens (tertiary/aromatic N) is 3. The van der Waals surface area contributed by atoms with Crippen LogP contribution in [0.3, 0.4) is 0 Å². The van der Waals surface area contributed by atoms with E-state index >= 15 is 0 Å². The van der Waals surface area contributed by atoms with Gasteiger partial charge in [-0.1, -0.05) is 32.0 Å². The lowest BCUT2D eigenvalue weighted by Gasteiger charge is -2.15. The van der Waals surface area contributed by atoms with E-state index in [1.807, 2.05) is 36.0 Å². The van der Waals surface area contributed by atoms with Crippen LogP contribution in [0.25, 0.3) is 0 Å². The van der Waals surface area contributed by atoms with Crippen LogP contribution < -0.4 is 15.4 Å². The van der Waals surface area contributed by atoms with E-state index in [0.717, 1.165) is 36.0 Å². The minimum atomic E-state index is 0. The monoisotopic (exact) mass is 471 g/mol. The van der Waals surface area contributed by atoms with E-state index in [-0.39, 0.29) is 24.0 Å². The van der Waals surface area contributed by atoms with Gasteiger partial charge in [0, 0.05) is 32.4 Å². The van der Waals surface area contributed by atoms with Gasteiger partial charge < -0.3 is 15.4 Å². The van der Waals surface area contributed by atoms with Crippen LogP contribution in [0.5, 0.6) is 5.75 Å². The van der Waals surface area contributed by atoms with Crippen molar-refractivity contribution in [1.82, 2.24) is 20.4 Å². The van der Waals surface area contributed by atoms with Gasteiger partial charge in [0.2, 0.25) is 0 Å². The minimum absolute atomic E-state index is 0. The first-order valence-electron chi connectivity index (χ1n) is 8.72. The summed E-state index contributed by atoms with van der Waals surface area (Å²) in [5.41, 5.74) is 2.22. The van der Waals surface area contributed by atoms with Crippen LogP contribution in [-0.2, 0) is 20.1 Å². The zero-order valence-corrected chi connectivity index (χ0v) is 18.4. The Hall–Kier alpha value is -1.77. The third kappa shape index (κ3) is 7.23. The highest BCUT2D eigenvalue weighted by atomic mass is 127. The number of aromatic nitrogens is 2. The molecule has 6 nitrogen and oxygen atoms in total. The van der Waals surface area contributed by atoms with Gasteiger partial charge in [-0.2, -0.15) is 5.10 Å². The lowest BCUT2D eigenvalue weighted by molar-refractivity contribution is 0.286. The van der Waals surface area contributed by atoms with Gasteiger partial charge in [0.05, 0.1) is 18.8 Å². The average Bonchev–Trinajstić information content (AvgIpc) is 3.01. The third-order valence-electron chi connectivity index (χ3n) is 3.95. The molecule has 26 heavy (non-hydrogen) atoms. The molecule has 1 aromatic carbocycles. The van der Waals surface area contributed by atoms with Crippen molar-refractivity contribution >= 4 is 29.9 Å². The number of guanidine groups is 1. The molecule has 0 saturated carbocycles. The summed E-state index contributed by atoms with van der Waals surface area (Å²) in [5, 5.41) is 10.8. The van der Waals surface area contributed by atoms with E-state index in [2.05, 4.69) is 40.6 Å². The van der Waals surface area contributed by atoms with Crippen LogP contribution in [0.1, 0.15) is 31.5 Å². The Bertz CT molecular complexity index is 684. The van der Waals surface area contributed by atoms with Crippen LogP contribution in [0.4, 0.5) is 0 Å². The summed E-state index contributed by atoms with van der Waals surface area (Å²) in [5.74, 6) is 2.32. The van der Waals surface area contributed by atoms with Crippen LogP contribution >= 0.6 is 24.0 Å². The predicted octanol–water partition coefficient (Wildman–Crippen LogP) is 3.33. The highest BCUT2D eigenvalue weighted by Crippen LogP contribution is 2.18. The Morgan fingerprint density at radius 2 is 1.92 bits per heavy atom. The first-order chi connectivity index (χ1) is 12.1. The number of aryl methyl sites for hydroxylation is 1. The highest BCUT2D eigenvalue weighted by Gasteiger charge is 2.06. The van der Waals surface area contributed by atoms with Crippen LogP contribution in [0.15, 0.2) is 41.5 Å². The molecular formula is C19H30IN5O. The first-order valence-corrected chi connectivity index (χ1v) is 8.72. The molecule has 144 valence electrons. The predicted molar refractivity (Wildman–Crippen MR) is 117 cm³/mol. The van der Waals surface area contributed by atoms with Crippen LogP contribution in [0.2, 0.25) is 0 Å². The highest BCUT2D eigenvalue weighted by molar-refractivity contribution is 14.0. The molecule has 0 spiro atoms. The normalized spacial score (nSPS) is 11.2. The maximum atomic E-state index is 5.94. The standard InChI is InChI=1S/C19H29N5O.HI/c1-15(2)10-12-25-18-8-6-5-7-16(18)13-21-19(20-3)22-14-17-9-11-23-24(17)4;/h5-9,11,15H,10,12-14H2,1-4H3,(H2,20,21,22);1H. The van der Waals surface area contributed by atoms with Gasteiger partial charge in [-0.25, -0.2) is 0 Å². The number of rotatable bonds is 8. The fourth-order valence-electron chi connectivity index (χ4n) is 2.34. The van der Waals surface area contributed by atoms with E-state index < -0.39 is 0 Å². The Balaban J connectivity index is 0.00000338. The molecule has 0 aliphatic carbocycles. The Labute approximate surface area is 173 Å². The van der Waals surface area contributed by atoms with Crippen LogP contribution in [-0.4, -0.2) is 29.4 Å². The smallest absolute Gasteiger partial charge is 0.191 e. The van der Waals surface area contributed by atoms with E-state index in [1.165, 1.54) is 0 Å². The van der Waals surface area contributed by atoms with Gasteiger partial charge in [0.1, 0.15) is 5.75 Å². The van der Waals surface area contributed by atoms with Gasteiger partial charge in [0.15, 0.2) is 5.96 Å². The molecule has 1 heterocycles. The number of hydrogen-bond acceptors (Lipinski definition) is 3. The van der Waals surface area contributed by atoms with Crippen molar-refractivity contribution in [3.8, 4) is 5.75 Å². The van der Waals surface area contributed by atoms with Crippen molar-refractivity contribution in [2.45, 2.75) is 33.4 Å².